The van der Waals surface area contributed by atoms with Crippen LogP contribution in [0.3, 0.4) is 0 Å². The van der Waals surface area contributed by atoms with Gasteiger partial charge < -0.3 is 11.1 Å². The number of imide groups is 1. The summed E-state index contributed by atoms with van der Waals surface area (Å²) in [5, 5.41) is 2.99. The molecule has 2 unspecified atom stereocenters. The molecule has 9 heteroatoms. The van der Waals surface area contributed by atoms with E-state index in [1.54, 1.807) is 18.3 Å². The lowest BCUT2D eigenvalue weighted by molar-refractivity contribution is -0.150. The monoisotopic (exact) mass is 492 g/mol. The number of pyridine rings is 1. The molecule has 8 nitrogen and oxygen atoms in total. The van der Waals surface area contributed by atoms with Gasteiger partial charge >= 0.3 is 6.03 Å². The summed E-state index contributed by atoms with van der Waals surface area (Å²) in [4.78, 5) is 31.7. The number of carbonyl (C=O) groups is 2. The second-order valence-electron chi connectivity index (χ2n) is 8.80. The topological polar surface area (TPSA) is 122 Å². The number of nitrogens with one attached hydrogen (secondary N) is 1. The Morgan fingerprint density at radius 1 is 1.06 bits per heavy atom. The van der Waals surface area contributed by atoms with Gasteiger partial charge in [-0.05, 0) is 41.7 Å². The van der Waals surface area contributed by atoms with E-state index in [2.05, 4.69) is 10.3 Å². The van der Waals surface area contributed by atoms with Crippen molar-refractivity contribution in [3.05, 3.63) is 95.7 Å². The standard InChI is InChI=1S/C26H28N4O4S/c1-35(33,34)15-13-22-21(16-18-12-14-28-23(27)17-18)25(31)30(22)26(32)29-24(19-8-4-2-5-9-19)20-10-6-3-7-11-20/h2-12,14,17,21-22,24H,13,15-16H2,1H3,(H2,27,28)(H,29,32). The van der Waals surface area contributed by atoms with E-state index in [9.17, 15) is 18.0 Å². The van der Waals surface area contributed by atoms with Gasteiger partial charge in [0.05, 0.1) is 23.8 Å². The van der Waals surface area contributed by atoms with Crippen LogP contribution in [0.1, 0.15) is 29.2 Å². The highest BCUT2D eigenvalue weighted by molar-refractivity contribution is 7.90. The van der Waals surface area contributed by atoms with Crippen molar-refractivity contribution >= 4 is 27.6 Å². The molecule has 35 heavy (non-hydrogen) atoms. The molecule has 182 valence electrons. The second kappa shape index (κ2) is 10.3. The number of aromatic nitrogens is 1. The first-order valence-corrected chi connectivity index (χ1v) is 13.4. The van der Waals surface area contributed by atoms with Gasteiger partial charge in [0, 0.05) is 12.5 Å². The molecular formula is C26H28N4O4S. The second-order valence-corrected chi connectivity index (χ2v) is 11.1. The summed E-state index contributed by atoms with van der Waals surface area (Å²) in [6.45, 7) is 0. The normalized spacial score (nSPS) is 17.8. The number of hydrogen-bond donors (Lipinski definition) is 2. The Balaban J connectivity index is 1.57. The van der Waals surface area contributed by atoms with Crippen molar-refractivity contribution in [1.82, 2.24) is 15.2 Å². The highest BCUT2D eigenvalue weighted by Crippen LogP contribution is 2.34. The molecule has 1 aliphatic heterocycles. The van der Waals surface area contributed by atoms with Crippen LogP contribution in [0.4, 0.5) is 10.6 Å². The summed E-state index contributed by atoms with van der Waals surface area (Å²) in [5.41, 5.74) is 8.33. The van der Waals surface area contributed by atoms with E-state index < -0.39 is 33.9 Å². The maximum atomic E-state index is 13.4. The van der Waals surface area contributed by atoms with Gasteiger partial charge in [0.2, 0.25) is 5.91 Å². The number of urea groups is 1. The van der Waals surface area contributed by atoms with Crippen LogP contribution in [-0.2, 0) is 21.1 Å². The summed E-state index contributed by atoms with van der Waals surface area (Å²) in [7, 11) is -3.27. The van der Waals surface area contributed by atoms with Gasteiger partial charge in [-0.25, -0.2) is 18.2 Å². The molecule has 1 aromatic heterocycles. The molecule has 2 aromatic carbocycles. The Morgan fingerprint density at radius 3 is 2.20 bits per heavy atom. The van der Waals surface area contributed by atoms with Crippen molar-refractivity contribution in [1.29, 1.82) is 0 Å². The van der Waals surface area contributed by atoms with Gasteiger partial charge in [-0.15, -0.1) is 0 Å². The van der Waals surface area contributed by atoms with Gasteiger partial charge in [-0.2, -0.15) is 0 Å². The number of rotatable bonds is 8. The van der Waals surface area contributed by atoms with Crippen molar-refractivity contribution in [2.75, 3.05) is 17.7 Å². The molecule has 0 spiro atoms. The molecule has 2 heterocycles. The van der Waals surface area contributed by atoms with Crippen molar-refractivity contribution < 1.29 is 18.0 Å². The summed E-state index contributed by atoms with van der Waals surface area (Å²) >= 11 is 0. The van der Waals surface area contributed by atoms with Gasteiger partial charge in [0.15, 0.2) is 0 Å². The van der Waals surface area contributed by atoms with E-state index in [-0.39, 0.29) is 18.1 Å². The Bertz CT molecular complexity index is 1260. The molecule has 2 atom stereocenters. The van der Waals surface area contributed by atoms with E-state index in [4.69, 9.17) is 5.73 Å². The molecule has 3 N–H and O–H groups in total. The van der Waals surface area contributed by atoms with E-state index in [1.807, 2.05) is 60.7 Å². The van der Waals surface area contributed by atoms with E-state index in [0.717, 1.165) is 22.9 Å². The maximum absolute atomic E-state index is 13.4. The lowest BCUT2D eigenvalue weighted by Gasteiger charge is -2.46. The predicted octanol–water partition coefficient (Wildman–Crippen LogP) is 2.97. The molecule has 0 aliphatic carbocycles. The van der Waals surface area contributed by atoms with Crippen LogP contribution >= 0.6 is 0 Å². The zero-order valence-corrected chi connectivity index (χ0v) is 20.2. The van der Waals surface area contributed by atoms with E-state index in [0.29, 0.717) is 12.2 Å². The number of carbonyl (C=O) groups excluding carboxylic acids is 2. The lowest BCUT2D eigenvalue weighted by atomic mass is 9.81. The number of likely N-dealkylation sites (tertiary alicyclic amines) is 1. The Morgan fingerprint density at radius 2 is 1.66 bits per heavy atom. The number of nitrogens with zero attached hydrogens (tertiary/aromatic N) is 2. The van der Waals surface area contributed by atoms with Gasteiger partial charge in [-0.1, -0.05) is 60.7 Å². The minimum atomic E-state index is -3.27. The average Bonchev–Trinajstić information content (AvgIpc) is 2.84. The minimum absolute atomic E-state index is 0.121. The SMILES string of the molecule is CS(=O)(=O)CCC1C(Cc2ccnc(N)c2)C(=O)N1C(=O)NC(c1ccccc1)c1ccccc1. The van der Waals surface area contributed by atoms with Gasteiger partial charge in [-0.3, -0.25) is 9.69 Å². The number of hydrogen-bond acceptors (Lipinski definition) is 6. The van der Waals surface area contributed by atoms with Crippen LogP contribution in [0.2, 0.25) is 0 Å². The molecule has 0 radical (unpaired) electrons. The first-order chi connectivity index (χ1) is 16.7. The van der Waals surface area contributed by atoms with Crippen LogP contribution in [0.25, 0.3) is 0 Å². The van der Waals surface area contributed by atoms with Crippen molar-refractivity contribution in [2.45, 2.75) is 24.9 Å². The molecule has 1 aliphatic rings. The third-order valence-corrected chi connectivity index (χ3v) is 7.17. The zero-order valence-electron chi connectivity index (χ0n) is 19.4. The van der Waals surface area contributed by atoms with Crippen LogP contribution in [-0.4, -0.2) is 48.3 Å². The largest absolute Gasteiger partial charge is 0.384 e. The number of anilines is 1. The number of amides is 3. The third kappa shape index (κ3) is 5.86. The number of benzene rings is 2. The molecule has 3 aromatic rings. The predicted molar refractivity (Wildman–Crippen MR) is 134 cm³/mol. The first kappa shape index (κ1) is 24.4. The molecule has 1 saturated heterocycles. The fourth-order valence-corrected chi connectivity index (χ4v) is 5.13. The quantitative estimate of drug-likeness (QED) is 0.466. The summed E-state index contributed by atoms with van der Waals surface area (Å²) in [6.07, 6.45) is 3.24. The number of nitrogens with two attached hydrogens (primary N) is 1. The van der Waals surface area contributed by atoms with E-state index >= 15 is 0 Å². The Labute approximate surface area is 205 Å². The zero-order chi connectivity index (χ0) is 25.0. The first-order valence-electron chi connectivity index (χ1n) is 11.3. The molecule has 3 amide bonds. The summed E-state index contributed by atoms with van der Waals surface area (Å²) < 4.78 is 23.7. The Kier molecular flexibility index (Phi) is 7.16. The molecule has 0 saturated carbocycles. The van der Waals surface area contributed by atoms with Crippen molar-refractivity contribution in [2.24, 2.45) is 5.92 Å². The van der Waals surface area contributed by atoms with Gasteiger partial charge in [0.1, 0.15) is 15.7 Å². The summed E-state index contributed by atoms with van der Waals surface area (Å²) in [5.74, 6) is -0.637. The minimum Gasteiger partial charge on any atom is -0.384 e. The highest BCUT2D eigenvalue weighted by atomic mass is 32.2. The maximum Gasteiger partial charge on any atom is 0.325 e. The Hall–Kier alpha value is -3.72. The third-order valence-electron chi connectivity index (χ3n) is 6.19. The van der Waals surface area contributed by atoms with Crippen LogP contribution in [0.5, 0.6) is 0 Å². The number of nitrogen functional groups attached to an aromatic ring is 1. The molecular weight excluding hydrogens is 464 g/mol. The van der Waals surface area contributed by atoms with Crippen LogP contribution < -0.4 is 11.1 Å². The van der Waals surface area contributed by atoms with Crippen LogP contribution in [0, 0.1) is 5.92 Å². The van der Waals surface area contributed by atoms with Crippen molar-refractivity contribution in [3.8, 4) is 0 Å². The molecule has 0 bridgehead atoms. The van der Waals surface area contributed by atoms with Gasteiger partial charge in [0.25, 0.3) is 0 Å². The highest BCUT2D eigenvalue weighted by Gasteiger charge is 2.50. The van der Waals surface area contributed by atoms with Crippen molar-refractivity contribution in [3.63, 3.8) is 0 Å². The fourth-order valence-electron chi connectivity index (χ4n) is 4.46. The lowest BCUT2D eigenvalue weighted by Crippen LogP contribution is -2.66. The van der Waals surface area contributed by atoms with Crippen LogP contribution in [0.15, 0.2) is 79.0 Å². The summed E-state index contributed by atoms with van der Waals surface area (Å²) in [6, 6.07) is 20.9. The smallest absolute Gasteiger partial charge is 0.325 e. The molecule has 4 rings (SSSR count). The fraction of sp³-hybridized carbons (Fsp3) is 0.269. The molecule has 1 fully saturated rings. The van der Waals surface area contributed by atoms with E-state index in [1.165, 1.54) is 4.90 Å². The number of sulfone groups is 1. The average molecular weight is 493 g/mol. The number of β-lactam (4-membered cyclic amide) rings is 1.